The van der Waals surface area contributed by atoms with E-state index in [0.717, 1.165) is 4.68 Å². The van der Waals surface area contributed by atoms with E-state index in [-0.39, 0.29) is 30.5 Å². The fraction of sp³-hybridized carbons (Fsp3) is 0.250. The molecule has 1 N–H and O–H groups in total. The Hall–Kier alpha value is -3.17. The van der Waals surface area contributed by atoms with Crippen LogP contribution in [-0.2, 0) is 17.9 Å². The van der Waals surface area contributed by atoms with Gasteiger partial charge in [-0.25, -0.2) is 22.8 Å². The minimum absolute atomic E-state index is 0.0221. The number of amides is 1. The first kappa shape index (κ1) is 17.6. The summed E-state index contributed by atoms with van der Waals surface area (Å²) in [5.74, 6) is -0.923. The van der Waals surface area contributed by atoms with Gasteiger partial charge in [0.2, 0.25) is 11.9 Å². The van der Waals surface area contributed by atoms with Crippen molar-refractivity contribution in [1.82, 2.24) is 24.5 Å². The van der Waals surface area contributed by atoms with Gasteiger partial charge in [-0.1, -0.05) is 12.1 Å². The summed E-state index contributed by atoms with van der Waals surface area (Å²) < 4.78 is 41.4. The molecule has 136 valence electrons. The van der Waals surface area contributed by atoms with Crippen LogP contribution in [0, 0.1) is 12.7 Å². The van der Waals surface area contributed by atoms with Crippen LogP contribution in [0.2, 0.25) is 0 Å². The number of hydrogen-bond acceptors (Lipinski definition) is 4. The molecule has 0 fully saturated rings. The van der Waals surface area contributed by atoms with Crippen molar-refractivity contribution in [2.45, 2.75) is 26.4 Å². The molecule has 0 saturated carbocycles. The summed E-state index contributed by atoms with van der Waals surface area (Å²) in [7, 11) is 0. The summed E-state index contributed by atoms with van der Waals surface area (Å²) in [5.41, 5.74) is 0.745. The third-order valence-corrected chi connectivity index (χ3v) is 3.47. The number of aromatic nitrogens is 5. The highest BCUT2D eigenvalue weighted by Crippen LogP contribution is 2.19. The molecule has 2 heterocycles. The minimum Gasteiger partial charge on any atom is -0.292 e. The lowest BCUT2D eigenvalue weighted by atomic mass is 10.2. The number of hydrogen-bond donors (Lipinski definition) is 1. The summed E-state index contributed by atoms with van der Waals surface area (Å²) in [6.07, 6.45) is -1.35. The van der Waals surface area contributed by atoms with Crippen LogP contribution in [0.25, 0.3) is 0 Å². The number of aryl methyl sites for hydroxylation is 1. The predicted molar refractivity (Wildman–Crippen MR) is 86.1 cm³/mol. The highest BCUT2D eigenvalue weighted by Gasteiger charge is 2.18. The minimum atomic E-state index is -2.73. The third kappa shape index (κ3) is 4.26. The molecule has 0 aliphatic heterocycles. The Morgan fingerprint density at radius 3 is 2.81 bits per heavy atom. The van der Waals surface area contributed by atoms with Crippen LogP contribution in [0.3, 0.4) is 0 Å². The van der Waals surface area contributed by atoms with Gasteiger partial charge in [0.25, 0.3) is 6.43 Å². The number of carbonyl (C=O) groups is 1. The zero-order valence-corrected chi connectivity index (χ0v) is 13.7. The first-order chi connectivity index (χ1) is 12.4. The number of halogens is 3. The van der Waals surface area contributed by atoms with Crippen LogP contribution in [0.1, 0.15) is 23.4 Å². The molecule has 1 aromatic carbocycles. The summed E-state index contributed by atoms with van der Waals surface area (Å²) in [5, 5.41) is 10.4. The fourth-order valence-corrected chi connectivity index (χ4v) is 2.42. The molecule has 0 aliphatic rings. The SMILES string of the molecule is Cc1cc(C(F)F)n(CC(=O)Nc2ncn(Cc3cccc(F)c3)n2)n1. The van der Waals surface area contributed by atoms with Gasteiger partial charge in [-0.2, -0.15) is 5.10 Å². The van der Waals surface area contributed by atoms with Crippen molar-refractivity contribution in [3.63, 3.8) is 0 Å². The molecular formula is C16H15F3N6O. The van der Waals surface area contributed by atoms with Gasteiger partial charge in [0.05, 0.1) is 12.2 Å². The van der Waals surface area contributed by atoms with Gasteiger partial charge >= 0.3 is 0 Å². The monoisotopic (exact) mass is 364 g/mol. The van der Waals surface area contributed by atoms with Gasteiger partial charge in [0.1, 0.15) is 24.4 Å². The molecule has 0 bridgehead atoms. The molecule has 3 aromatic rings. The first-order valence-corrected chi connectivity index (χ1v) is 7.67. The molecule has 2 aromatic heterocycles. The predicted octanol–water partition coefficient (Wildman–Crippen LogP) is 2.55. The lowest BCUT2D eigenvalue weighted by Gasteiger charge is -2.06. The van der Waals surface area contributed by atoms with Crippen molar-refractivity contribution < 1.29 is 18.0 Å². The van der Waals surface area contributed by atoms with Gasteiger partial charge < -0.3 is 0 Å². The van der Waals surface area contributed by atoms with Crippen LogP contribution in [-0.4, -0.2) is 30.5 Å². The second-order valence-electron chi connectivity index (χ2n) is 5.61. The molecule has 0 atom stereocenters. The fourth-order valence-electron chi connectivity index (χ4n) is 2.42. The van der Waals surface area contributed by atoms with Gasteiger partial charge in [-0.3, -0.25) is 14.8 Å². The molecule has 0 spiro atoms. The zero-order chi connectivity index (χ0) is 18.7. The molecule has 3 rings (SSSR count). The Balaban J connectivity index is 1.63. The lowest BCUT2D eigenvalue weighted by molar-refractivity contribution is -0.117. The van der Waals surface area contributed by atoms with Gasteiger partial charge in [0.15, 0.2) is 0 Å². The molecule has 1 amide bonds. The molecule has 0 saturated heterocycles. The Morgan fingerprint density at radius 2 is 2.08 bits per heavy atom. The summed E-state index contributed by atoms with van der Waals surface area (Å²) >= 11 is 0. The highest BCUT2D eigenvalue weighted by molar-refractivity contribution is 5.88. The largest absolute Gasteiger partial charge is 0.292 e. The van der Waals surface area contributed by atoms with Crippen LogP contribution in [0.5, 0.6) is 0 Å². The van der Waals surface area contributed by atoms with E-state index in [0.29, 0.717) is 11.3 Å². The molecule has 0 aliphatic carbocycles. The van der Waals surface area contributed by atoms with Crippen LogP contribution >= 0.6 is 0 Å². The normalized spacial score (nSPS) is 11.1. The van der Waals surface area contributed by atoms with Crippen LogP contribution in [0.4, 0.5) is 19.1 Å². The molecule has 0 unspecified atom stereocenters. The van der Waals surface area contributed by atoms with Crippen molar-refractivity contribution >= 4 is 11.9 Å². The van der Waals surface area contributed by atoms with E-state index < -0.39 is 12.3 Å². The number of benzene rings is 1. The van der Waals surface area contributed by atoms with Crippen molar-refractivity contribution in [2.24, 2.45) is 0 Å². The number of alkyl halides is 2. The molecule has 10 heteroatoms. The average molecular weight is 364 g/mol. The topological polar surface area (TPSA) is 77.6 Å². The number of anilines is 1. The highest BCUT2D eigenvalue weighted by atomic mass is 19.3. The first-order valence-electron chi connectivity index (χ1n) is 7.67. The van der Waals surface area contributed by atoms with Gasteiger partial charge in [-0.05, 0) is 30.7 Å². The van der Waals surface area contributed by atoms with Gasteiger partial charge in [-0.15, -0.1) is 5.10 Å². The Labute approximate surface area is 146 Å². The number of carbonyl (C=O) groups excluding carboxylic acids is 1. The summed E-state index contributed by atoms with van der Waals surface area (Å²) in [4.78, 5) is 15.9. The Morgan fingerprint density at radius 1 is 1.27 bits per heavy atom. The maximum atomic E-state index is 13.2. The number of rotatable bonds is 6. The summed E-state index contributed by atoms with van der Waals surface area (Å²) in [6, 6.07) is 7.24. The quantitative estimate of drug-likeness (QED) is 0.729. The Bertz CT molecular complexity index is 920. The van der Waals surface area contributed by atoms with E-state index in [9.17, 15) is 18.0 Å². The van der Waals surface area contributed by atoms with Gasteiger partial charge in [0, 0.05) is 0 Å². The van der Waals surface area contributed by atoms with E-state index in [2.05, 4.69) is 20.5 Å². The van der Waals surface area contributed by atoms with Crippen molar-refractivity contribution in [2.75, 3.05) is 5.32 Å². The molecule has 0 radical (unpaired) electrons. The average Bonchev–Trinajstić information content (AvgIpc) is 3.13. The number of nitrogens with one attached hydrogen (secondary N) is 1. The molecule has 26 heavy (non-hydrogen) atoms. The van der Waals surface area contributed by atoms with E-state index in [1.807, 2.05) is 0 Å². The lowest BCUT2D eigenvalue weighted by Crippen LogP contribution is -2.21. The van der Waals surface area contributed by atoms with E-state index in [4.69, 9.17) is 0 Å². The Kier molecular flexibility index (Phi) is 5.01. The maximum absolute atomic E-state index is 13.2. The van der Waals surface area contributed by atoms with Crippen LogP contribution in [0.15, 0.2) is 36.7 Å². The maximum Gasteiger partial charge on any atom is 0.280 e. The molecule has 7 nitrogen and oxygen atoms in total. The van der Waals surface area contributed by atoms with Crippen LogP contribution < -0.4 is 5.32 Å². The standard InChI is InChI=1S/C16H15F3N6O/c1-10-5-13(15(18)19)25(22-10)8-14(26)21-16-20-9-24(23-16)7-11-3-2-4-12(17)6-11/h2-6,9,15H,7-8H2,1H3,(H,21,23,26). The van der Waals surface area contributed by atoms with E-state index in [1.165, 1.54) is 29.2 Å². The number of nitrogens with zero attached hydrogens (tertiary/aromatic N) is 5. The zero-order valence-electron chi connectivity index (χ0n) is 13.7. The summed E-state index contributed by atoms with van der Waals surface area (Å²) in [6.45, 7) is 1.45. The van der Waals surface area contributed by atoms with Crippen molar-refractivity contribution in [3.05, 3.63) is 59.4 Å². The van der Waals surface area contributed by atoms with E-state index >= 15 is 0 Å². The second-order valence-corrected chi connectivity index (χ2v) is 5.61. The third-order valence-electron chi connectivity index (χ3n) is 3.47. The van der Waals surface area contributed by atoms with E-state index in [1.54, 1.807) is 19.1 Å². The van der Waals surface area contributed by atoms with Crippen molar-refractivity contribution in [1.29, 1.82) is 0 Å². The smallest absolute Gasteiger partial charge is 0.280 e. The molecular weight excluding hydrogens is 349 g/mol. The van der Waals surface area contributed by atoms with Crippen molar-refractivity contribution in [3.8, 4) is 0 Å². The second kappa shape index (κ2) is 7.38.